The molecule has 1 amide bonds. The third-order valence-corrected chi connectivity index (χ3v) is 3.36. The summed E-state index contributed by atoms with van der Waals surface area (Å²) in [5, 5.41) is 0. The van der Waals surface area contributed by atoms with E-state index in [4.69, 9.17) is 11.5 Å². The van der Waals surface area contributed by atoms with E-state index >= 15 is 0 Å². The number of nitrogens with zero attached hydrogens (tertiary/aromatic N) is 2. The van der Waals surface area contributed by atoms with Crippen LogP contribution in [0.4, 0.5) is 0 Å². The molecule has 0 aliphatic carbocycles. The molecule has 0 radical (unpaired) electrons. The second kappa shape index (κ2) is 7.21. The number of carbonyl (C=O) groups is 1. The number of amides is 1. The van der Waals surface area contributed by atoms with Crippen LogP contribution in [0, 0.1) is 0 Å². The minimum atomic E-state index is 0.238. The fourth-order valence-electron chi connectivity index (χ4n) is 1.90. The third-order valence-electron chi connectivity index (χ3n) is 2.74. The van der Waals surface area contributed by atoms with Crippen LogP contribution >= 0.6 is 15.9 Å². The highest BCUT2D eigenvalue weighted by atomic mass is 79.9. The topological polar surface area (TPSA) is 75.6 Å². The van der Waals surface area contributed by atoms with Gasteiger partial charge in [-0.1, -0.05) is 15.9 Å². The van der Waals surface area contributed by atoms with Crippen molar-refractivity contribution in [3.63, 3.8) is 0 Å². The maximum absolute atomic E-state index is 11.5. The second-order valence-corrected chi connectivity index (χ2v) is 5.36. The molecule has 0 aromatic heterocycles. The van der Waals surface area contributed by atoms with Gasteiger partial charge in [-0.05, 0) is 0 Å². The van der Waals surface area contributed by atoms with E-state index in [9.17, 15) is 4.79 Å². The van der Waals surface area contributed by atoms with Crippen molar-refractivity contribution in [3.8, 4) is 0 Å². The van der Waals surface area contributed by atoms with Crippen molar-refractivity contribution in [2.24, 2.45) is 11.5 Å². The number of rotatable bonds is 7. The molecule has 5 nitrogen and oxygen atoms in total. The average molecular weight is 293 g/mol. The highest BCUT2D eigenvalue weighted by Gasteiger charge is 2.27. The van der Waals surface area contributed by atoms with Crippen LogP contribution in [0.3, 0.4) is 0 Å². The van der Waals surface area contributed by atoms with Gasteiger partial charge >= 0.3 is 0 Å². The summed E-state index contributed by atoms with van der Waals surface area (Å²) in [4.78, 5) is 16.0. The first-order chi connectivity index (χ1) is 7.67. The highest BCUT2D eigenvalue weighted by molar-refractivity contribution is 9.09. The number of hydrogen-bond donors (Lipinski definition) is 2. The minimum absolute atomic E-state index is 0.238. The van der Waals surface area contributed by atoms with Crippen LogP contribution in [0.1, 0.15) is 6.42 Å². The molecule has 4 N–H and O–H groups in total. The first kappa shape index (κ1) is 13.9. The zero-order valence-corrected chi connectivity index (χ0v) is 11.2. The van der Waals surface area contributed by atoms with E-state index in [1.165, 1.54) is 0 Å². The van der Waals surface area contributed by atoms with E-state index in [1.807, 2.05) is 4.90 Å². The summed E-state index contributed by atoms with van der Waals surface area (Å²) in [5.41, 5.74) is 11.0. The quantitative estimate of drug-likeness (QED) is 0.603. The molecule has 16 heavy (non-hydrogen) atoms. The van der Waals surface area contributed by atoms with Gasteiger partial charge in [-0.25, -0.2) is 0 Å². The minimum Gasteiger partial charge on any atom is -0.340 e. The van der Waals surface area contributed by atoms with E-state index in [0.29, 0.717) is 24.3 Å². The van der Waals surface area contributed by atoms with Crippen LogP contribution < -0.4 is 11.5 Å². The first-order valence-electron chi connectivity index (χ1n) is 5.71. The number of nitrogens with two attached hydrogens (primary N) is 2. The number of halogens is 1. The molecule has 94 valence electrons. The fraction of sp³-hybridized carbons (Fsp3) is 0.900. The summed E-state index contributed by atoms with van der Waals surface area (Å²) in [5.74, 6) is 0.238. The van der Waals surface area contributed by atoms with Gasteiger partial charge in [0.15, 0.2) is 0 Å². The second-order valence-electron chi connectivity index (χ2n) is 4.06. The van der Waals surface area contributed by atoms with Gasteiger partial charge in [0.05, 0.1) is 0 Å². The summed E-state index contributed by atoms with van der Waals surface area (Å²) >= 11 is 3.47. The van der Waals surface area contributed by atoms with Crippen LogP contribution in [0.5, 0.6) is 0 Å². The smallest absolute Gasteiger partial charge is 0.223 e. The Hall–Kier alpha value is -0.170. The maximum atomic E-state index is 11.5. The molecule has 0 aromatic rings. The van der Waals surface area contributed by atoms with Crippen molar-refractivity contribution < 1.29 is 4.79 Å². The van der Waals surface area contributed by atoms with E-state index in [2.05, 4.69) is 20.8 Å². The zero-order valence-electron chi connectivity index (χ0n) is 9.57. The van der Waals surface area contributed by atoms with Crippen molar-refractivity contribution >= 4 is 21.8 Å². The van der Waals surface area contributed by atoms with Crippen LogP contribution in [0.2, 0.25) is 0 Å². The largest absolute Gasteiger partial charge is 0.340 e. The molecule has 1 heterocycles. The van der Waals surface area contributed by atoms with E-state index in [0.717, 1.165) is 32.7 Å². The predicted octanol–water partition coefficient (Wildman–Crippen LogP) is -0.798. The van der Waals surface area contributed by atoms with Gasteiger partial charge in [0, 0.05) is 57.1 Å². The van der Waals surface area contributed by atoms with Crippen molar-refractivity contribution in [1.82, 2.24) is 9.80 Å². The third kappa shape index (κ3) is 4.37. The Morgan fingerprint density at radius 2 is 1.94 bits per heavy atom. The van der Waals surface area contributed by atoms with E-state index in [1.54, 1.807) is 0 Å². The summed E-state index contributed by atoms with van der Waals surface area (Å²) in [6, 6.07) is 0. The van der Waals surface area contributed by atoms with Gasteiger partial charge in [0.25, 0.3) is 0 Å². The van der Waals surface area contributed by atoms with Gasteiger partial charge in [-0.15, -0.1) is 0 Å². The molecule has 1 unspecified atom stereocenters. The lowest BCUT2D eigenvalue weighted by molar-refractivity contribution is -0.127. The van der Waals surface area contributed by atoms with Gasteiger partial charge in [0.1, 0.15) is 0 Å². The lowest BCUT2D eigenvalue weighted by atomic mass is 10.4. The van der Waals surface area contributed by atoms with Crippen molar-refractivity contribution in [1.29, 1.82) is 0 Å². The van der Waals surface area contributed by atoms with Crippen molar-refractivity contribution in [3.05, 3.63) is 0 Å². The number of likely N-dealkylation sites (tertiary alicyclic amines) is 1. The van der Waals surface area contributed by atoms with Crippen molar-refractivity contribution in [2.45, 2.75) is 11.2 Å². The summed E-state index contributed by atoms with van der Waals surface area (Å²) in [6.45, 7) is 5.41. The molecule has 1 rings (SSSR count). The monoisotopic (exact) mass is 292 g/mol. The number of carbonyl (C=O) groups excluding carboxylic acids is 1. The molecule has 6 heteroatoms. The SMILES string of the molecule is NCCN(CCN)CCN1CC(Br)CC1=O. The molecule has 0 bridgehead atoms. The van der Waals surface area contributed by atoms with E-state index in [-0.39, 0.29) is 5.91 Å². The molecule has 1 fully saturated rings. The highest BCUT2D eigenvalue weighted by Crippen LogP contribution is 2.17. The van der Waals surface area contributed by atoms with Crippen LogP contribution in [0.15, 0.2) is 0 Å². The molecule has 1 saturated heterocycles. The maximum Gasteiger partial charge on any atom is 0.223 e. The Morgan fingerprint density at radius 1 is 1.31 bits per heavy atom. The zero-order chi connectivity index (χ0) is 12.0. The van der Waals surface area contributed by atoms with Gasteiger partial charge in [-0.2, -0.15) is 0 Å². The fourth-order valence-corrected chi connectivity index (χ4v) is 2.53. The van der Waals surface area contributed by atoms with Crippen LogP contribution in [0.25, 0.3) is 0 Å². The Labute approximate surface area is 105 Å². The molecular weight excluding hydrogens is 272 g/mol. The first-order valence-corrected chi connectivity index (χ1v) is 6.63. The lowest BCUT2D eigenvalue weighted by Crippen LogP contribution is -2.40. The standard InChI is InChI=1S/C10H21BrN4O/c11-9-7-10(16)15(8-9)6-5-14(3-1-12)4-2-13/h9H,1-8,12-13H2. The van der Waals surface area contributed by atoms with Gasteiger partial charge in [0.2, 0.25) is 5.91 Å². The number of alkyl halides is 1. The normalized spacial score (nSPS) is 21.1. The Kier molecular flexibility index (Phi) is 6.26. The molecule has 0 aromatic carbocycles. The van der Waals surface area contributed by atoms with Crippen LogP contribution in [-0.2, 0) is 4.79 Å². The average Bonchev–Trinajstić information content (AvgIpc) is 2.54. The Bertz CT molecular complexity index is 221. The Morgan fingerprint density at radius 3 is 2.38 bits per heavy atom. The molecule has 1 aliphatic heterocycles. The summed E-state index contributed by atoms with van der Waals surface area (Å²) in [6.07, 6.45) is 0.619. The summed E-state index contributed by atoms with van der Waals surface area (Å²) in [7, 11) is 0. The number of hydrogen-bond acceptors (Lipinski definition) is 4. The van der Waals surface area contributed by atoms with Gasteiger partial charge in [-0.3, -0.25) is 9.69 Å². The van der Waals surface area contributed by atoms with Crippen LogP contribution in [-0.4, -0.2) is 66.3 Å². The lowest BCUT2D eigenvalue weighted by Gasteiger charge is -2.24. The van der Waals surface area contributed by atoms with Gasteiger partial charge < -0.3 is 16.4 Å². The van der Waals surface area contributed by atoms with E-state index < -0.39 is 0 Å². The molecule has 0 saturated carbocycles. The predicted molar refractivity (Wildman–Crippen MR) is 68.5 cm³/mol. The molecule has 0 spiro atoms. The molecule has 1 atom stereocenters. The molecule has 1 aliphatic rings. The van der Waals surface area contributed by atoms with Crippen molar-refractivity contribution in [2.75, 3.05) is 45.8 Å². The Balaban J connectivity index is 2.28. The molecular formula is C10H21BrN4O. The summed E-state index contributed by atoms with van der Waals surface area (Å²) < 4.78 is 0.